The molecule has 152 valence electrons. The van der Waals surface area contributed by atoms with Gasteiger partial charge in [0.05, 0.1) is 6.20 Å². The number of aromatic nitrogens is 4. The number of nitrogens with zero attached hydrogens (tertiary/aromatic N) is 6. The lowest BCUT2D eigenvalue weighted by atomic mass is 10.2. The first-order valence-electron chi connectivity index (χ1n) is 9.10. The van der Waals surface area contributed by atoms with Crippen LogP contribution in [-0.2, 0) is 17.1 Å². The molecule has 29 heavy (non-hydrogen) atoms. The zero-order valence-corrected chi connectivity index (χ0v) is 16.6. The molecule has 0 radical (unpaired) electrons. The van der Waals surface area contributed by atoms with Gasteiger partial charge in [-0.2, -0.15) is 9.40 Å². The van der Waals surface area contributed by atoms with Crippen LogP contribution in [0.15, 0.2) is 52.4 Å². The van der Waals surface area contributed by atoms with E-state index in [0.717, 1.165) is 5.56 Å². The van der Waals surface area contributed by atoms with Crippen molar-refractivity contribution < 1.29 is 17.7 Å². The first kappa shape index (κ1) is 19.3. The molecule has 1 aliphatic heterocycles. The number of hydrogen-bond donors (Lipinski definition) is 0. The number of carbonyl (C=O) groups excluding carboxylic acids is 1. The molecular formula is C18H20N6O4S. The molecule has 3 aromatic rings. The van der Waals surface area contributed by atoms with Crippen molar-refractivity contribution in [1.82, 2.24) is 29.1 Å². The summed E-state index contributed by atoms with van der Waals surface area (Å²) in [6.45, 7) is 1.25. The van der Waals surface area contributed by atoms with Gasteiger partial charge >= 0.3 is 0 Å². The van der Waals surface area contributed by atoms with E-state index < -0.39 is 10.0 Å². The minimum Gasteiger partial charge on any atom is -0.355 e. The number of sulfonamides is 1. The SMILES string of the molecule is Cn1cc(S(=O)(=O)N2CCCN(C(=O)c3cc(-c4cccnc4)on3)CC2)cn1. The monoisotopic (exact) mass is 416 g/mol. The summed E-state index contributed by atoms with van der Waals surface area (Å²) in [4.78, 5) is 18.6. The summed E-state index contributed by atoms with van der Waals surface area (Å²) in [6, 6.07) is 5.16. The molecule has 0 unspecified atom stereocenters. The van der Waals surface area contributed by atoms with Gasteiger partial charge in [-0.15, -0.1) is 0 Å². The Morgan fingerprint density at radius 2 is 2.03 bits per heavy atom. The van der Waals surface area contributed by atoms with Gasteiger partial charge in [-0.05, 0) is 18.6 Å². The zero-order valence-electron chi connectivity index (χ0n) is 15.8. The summed E-state index contributed by atoms with van der Waals surface area (Å²) < 4.78 is 33.7. The largest absolute Gasteiger partial charge is 0.355 e. The van der Waals surface area contributed by atoms with E-state index in [-0.39, 0.29) is 29.6 Å². The highest BCUT2D eigenvalue weighted by atomic mass is 32.2. The topological polar surface area (TPSA) is 114 Å². The van der Waals surface area contributed by atoms with Gasteiger partial charge in [0.1, 0.15) is 4.90 Å². The van der Waals surface area contributed by atoms with Crippen LogP contribution in [0.3, 0.4) is 0 Å². The van der Waals surface area contributed by atoms with Crippen molar-refractivity contribution in [1.29, 1.82) is 0 Å². The van der Waals surface area contributed by atoms with Gasteiger partial charge in [0.2, 0.25) is 10.0 Å². The Hall–Kier alpha value is -3.05. The van der Waals surface area contributed by atoms with Gasteiger partial charge in [0.15, 0.2) is 11.5 Å². The first-order valence-corrected chi connectivity index (χ1v) is 10.5. The number of carbonyl (C=O) groups is 1. The second-order valence-electron chi connectivity index (χ2n) is 6.72. The predicted molar refractivity (Wildman–Crippen MR) is 102 cm³/mol. The van der Waals surface area contributed by atoms with E-state index in [1.807, 2.05) is 6.07 Å². The number of aryl methyl sites for hydroxylation is 1. The molecule has 3 aromatic heterocycles. The third-order valence-corrected chi connectivity index (χ3v) is 6.59. The summed E-state index contributed by atoms with van der Waals surface area (Å²) >= 11 is 0. The lowest BCUT2D eigenvalue weighted by Gasteiger charge is -2.20. The van der Waals surface area contributed by atoms with Crippen molar-refractivity contribution in [3.63, 3.8) is 0 Å². The Labute approximate surface area is 167 Å². The van der Waals surface area contributed by atoms with Crippen molar-refractivity contribution in [2.45, 2.75) is 11.3 Å². The van der Waals surface area contributed by atoms with E-state index in [0.29, 0.717) is 25.3 Å². The molecule has 1 saturated heterocycles. The van der Waals surface area contributed by atoms with Crippen LogP contribution in [0.4, 0.5) is 0 Å². The number of amides is 1. The highest BCUT2D eigenvalue weighted by Gasteiger charge is 2.30. The Balaban J connectivity index is 1.46. The molecule has 10 nitrogen and oxygen atoms in total. The Morgan fingerprint density at radius 1 is 1.17 bits per heavy atom. The molecule has 1 aliphatic rings. The lowest BCUT2D eigenvalue weighted by molar-refractivity contribution is 0.0754. The third kappa shape index (κ3) is 3.91. The van der Waals surface area contributed by atoms with Crippen molar-refractivity contribution in [3.8, 4) is 11.3 Å². The molecule has 11 heteroatoms. The summed E-state index contributed by atoms with van der Waals surface area (Å²) in [6.07, 6.45) is 6.60. The maximum atomic E-state index is 12.8. The highest BCUT2D eigenvalue weighted by molar-refractivity contribution is 7.89. The second-order valence-corrected chi connectivity index (χ2v) is 8.66. The van der Waals surface area contributed by atoms with Crippen LogP contribution in [0.1, 0.15) is 16.9 Å². The van der Waals surface area contributed by atoms with Gasteiger partial charge < -0.3 is 9.42 Å². The highest BCUT2D eigenvalue weighted by Crippen LogP contribution is 2.21. The smallest absolute Gasteiger partial charge is 0.276 e. The molecule has 0 saturated carbocycles. The number of hydrogen-bond acceptors (Lipinski definition) is 7. The molecule has 0 aliphatic carbocycles. The Morgan fingerprint density at radius 3 is 2.76 bits per heavy atom. The summed E-state index contributed by atoms with van der Waals surface area (Å²) in [5.74, 6) is 0.168. The minimum absolute atomic E-state index is 0.150. The van der Waals surface area contributed by atoms with Gasteiger partial charge in [0, 0.05) is 63.4 Å². The van der Waals surface area contributed by atoms with Gasteiger partial charge in [-0.1, -0.05) is 5.16 Å². The molecule has 1 fully saturated rings. The van der Waals surface area contributed by atoms with Gasteiger partial charge in [-0.25, -0.2) is 8.42 Å². The quantitative estimate of drug-likeness (QED) is 0.623. The van der Waals surface area contributed by atoms with Crippen LogP contribution in [0.25, 0.3) is 11.3 Å². The van der Waals surface area contributed by atoms with E-state index in [4.69, 9.17) is 4.52 Å². The molecule has 0 bridgehead atoms. The fraction of sp³-hybridized carbons (Fsp3) is 0.333. The van der Waals surface area contributed by atoms with Crippen molar-refractivity contribution in [2.75, 3.05) is 26.2 Å². The predicted octanol–water partition coefficient (Wildman–Crippen LogP) is 1.01. The van der Waals surface area contributed by atoms with E-state index in [9.17, 15) is 13.2 Å². The Kier molecular flexibility index (Phi) is 5.16. The summed E-state index contributed by atoms with van der Waals surface area (Å²) in [5, 5.41) is 7.81. The fourth-order valence-electron chi connectivity index (χ4n) is 3.20. The van der Waals surface area contributed by atoms with Crippen LogP contribution in [0.5, 0.6) is 0 Å². The molecule has 4 heterocycles. The van der Waals surface area contributed by atoms with Crippen molar-refractivity contribution in [3.05, 3.63) is 48.7 Å². The minimum atomic E-state index is -3.64. The molecular weight excluding hydrogens is 396 g/mol. The normalized spacial score (nSPS) is 16.0. The average Bonchev–Trinajstić information content (AvgIpc) is 3.31. The molecule has 4 rings (SSSR count). The standard InChI is InChI=1S/C18H20N6O4S/c1-22-13-15(12-20-22)29(26,27)24-7-3-6-23(8-9-24)18(25)16-10-17(28-21-16)14-4-2-5-19-11-14/h2,4-5,10-13H,3,6-9H2,1H3. The zero-order chi connectivity index (χ0) is 20.4. The van der Waals surface area contributed by atoms with Crippen LogP contribution in [0, 0.1) is 0 Å². The Bertz CT molecular complexity index is 1110. The summed E-state index contributed by atoms with van der Waals surface area (Å²) in [7, 11) is -1.97. The second kappa shape index (κ2) is 7.76. The maximum Gasteiger partial charge on any atom is 0.276 e. The molecule has 0 atom stereocenters. The van der Waals surface area contributed by atoms with Crippen molar-refractivity contribution in [2.24, 2.45) is 7.05 Å². The van der Waals surface area contributed by atoms with Crippen molar-refractivity contribution >= 4 is 15.9 Å². The molecule has 0 N–H and O–H groups in total. The van der Waals surface area contributed by atoms with Gasteiger partial charge in [0.25, 0.3) is 5.91 Å². The third-order valence-electron chi connectivity index (χ3n) is 4.74. The lowest BCUT2D eigenvalue weighted by Crippen LogP contribution is -2.37. The summed E-state index contributed by atoms with van der Waals surface area (Å²) in [5.41, 5.74) is 0.913. The first-order chi connectivity index (χ1) is 13.9. The van der Waals surface area contributed by atoms with Gasteiger partial charge in [-0.3, -0.25) is 14.5 Å². The van der Waals surface area contributed by atoms with E-state index in [1.165, 1.54) is 21.4 Å². The van der Waals surface area contributed by atoms with Crippen LogP contribution in [0.2, 0.25) is 0 Å². The average molecular weight is 416 g/mol. The van der Waals surface area contributed by atoms with E-state index >= 15 is 0 Å². The molecule has 0 aromatic carbocycles. The van der Waals surface area contributed by atoms with E-state index in [2.05, 4.69) is 15.2 Å². The van der Waals surface area contributed by atoms with Crippen LogP contribution >= 0.6 is 0 Å². The maximum absolute atomic E-state index is 12.8. The molecule has 0 spiro atoms. The van der Waals surface area contributed by atoms with Crippen LogP contribution in [-0.4, -0.2) is 69.6 Å². The fourth-order valence-corrected chi connectivity index (χ4v) is 4.66. The van der Waals surface area contributed by atoms with Crippen LogP contribution < -0.4 is 0 Å². The molecule has 1 amide bonds. The van der Waals surface area contributed by atoms with E-state index in [1.54, 1.807) is 36.5 Å². The number of pyridine rings is 1. The number of rotatable bonds is 4.